The molecule has 0 saturated carbocycles. The van der Waals surface area contributed by atoms with Crippen molar-refractivity contribution in [2.24, 2.45) is 5.10 Å². The van der Waals surface area contributed by atoms with Crippen LogP contribution in [0.4, 0.5) is 13.2 Å². The van der Waals surface area contributed by atoms with Gasteiger partial charge in [0, 0.05) is 0 Å². The fourth-order valence-electron chi connectivity index (χ4n) is 1.43. The maximum Gasteiger partial charge on any atom is 0.453 e. The largest absolute Gasteiger partial charge is 0.453 e. The van der Waals surface area contributed by atoms with E-state index in [4.69, 9.17) is 12.2 Å². The van der Waals surface area contributed by atoms with Crippen molar-refractivity contribution < 1.29 is 13.2 Å². The van der Waals surface area contributed by atoms with Crippen molar-refractivity contribution in [2.45, 2.75) is 13.1 Å². The van der Waals surface area contributed by atoms with E-state index in [1.54, 1.807) is 12.1 Å². The fraction of sp³-hybridized carbons (Fsp3) is 0.182. The molecule has 0 aliphatic carbocycles. The number of rotatable bonds is 2. The second-order valence-electron chi connectivity index (χ2n) is 3.76. The highest BCUT2D eigenvalue weighted by Crippen LogP contribution is 2.27. The molecule has 1 N–H and O–H groups in total. The molecule has 0 fully saturated rings. The molecular formula is C11H9F3N4S. The summed E-state index contributed by atoms with van der Waals surface area (Å²) >= 11 is 4.72. The maximum absolute atomic E-state index is 12.6. The smallest absolute Gasteiger partial charge is 0.250 e. The molecule has 100 valence electrons. The number of halogens is 3. The van der Waals surface area contributed by atoms with Crippen molar-refractivity contribution in [1.82, 2.24) is 14.9 Å². The molecule has 0 bridgehead atoms. The van der Waals surface area contributed by atoms with E-state index >= 15 is 0 Å². The lowest BCUT2D eigenvalue weighted by Crippen LogP contribution is -2.12. The highest BCUT2D eigenvalue weighted by molar-refractivity contribution is 7.71. The number of alkyl halides is 3. The van der Waals surface area contributed by atoms with E-state index < -0.39 is 12.0 Å². The van der Waals surface area contributed by atoms with Crippen LogP contribution in [0, 0.1) is 11.7 Å². The average Bonchev–Trinajstić information content (AvgIpc) is 2.69. The number of hydrogen-bond acceptors (Lipinski definition) is 3. The van der Waals surface area contributed by atoms with Gasteiger partial charge in [0.05, 0.1) is 6.21 Å². The Morgan fingerprint density at radius 3 is 2.68 bits per heavy atom. The number of H-pyrrole nitrogens is 1. The molecule has 2 aromatic rings. The Labute approximate surface area is 111 Å². The van der Waals surface area contributed by atoms with Crippen molar-refractivity contribution >= 4 is 18.4 Å². The molecule has 0 aliphatic rings. The Morgan fingerprint density at radius 2 is 2.05 bits per heavy atom. The number of benzene rings is 1. The zero-order valence-electron chi connectivity index (χ0n) is 9.77. The SMILES string of the molecule is Cc1ccccc1C=Nn1c(C(F)(F)F)n[nH]c1=S. The standard InChI is InChI=1S/C11H9F3N4S/c1-7-4-2-3-5-8(7)6-15-18-9(11(12,13)14)16-17-10(18)19/h2-6H,1H3,(H,17,19). The Hall–Kier alpha value is -1.96. The number of nitrogens with zero attached hydrogens (tertiary/aromatic N) is 3. The van der Waals surface area contributed by atoms with E-state index in [0.29, 0.717) is 10.2 Å². The van der Waals surface area contributed by atoms with Crippen LogP contribution in [0.3, 0.4) is 0 Å². The van der Waals surface area contributed by atoms with Crippen LogP contribution in [0.2, 0.25) is 0 Å². The highest BCUT2D eigenvalue weighted by Gasteiger charge is 2.37. The minimum Gasteiger partial charge on any atom is -0.250 e. The summed E-state index contributed by atoms with van der Waals surface area (Å²) in [7, 11) is 0. The minimum atomic E-state index is -4.61. The Kier molecular flexibility index (Phi) is 3.52. The predicted molar refractivity (Wildman–Crippen MR) is 66.6 cm³/mol. The first-order valence-electron chi connectivity index (χ1n) is 5.24. The van der Waals surface area contributed by atoms with Gasteiger partial charge in [0.25, 0.3) is 5.82 Å². The normalized spacial score (nSPS) is 12.2. The third-order valence-corrected chi connectivity index (χ3v) is 2.67. The molecule has 19 heavy (non-hydrogen) atoms. The van der Waals surface area contributed by atoms with Crippen LogP contribution >= 0.6 is 12.2 Å². The van der Waals surface area contributed by atoms with Gasteiger partial charge in [0.1, 0.15) is 0 Å². The van der Waals surface area contributed by atoms with Crippen LogP contribution < -0.4 is 0 Å². The summed E-state index contributed by atoms with van der Waals surface area (Å²) in [4.78, 5) is 0. The van der Waals surface area contributed by atoms with E-state index in [2.05, 4.69) is 15.3 Å². The number of aromatic nitrogens is 3. The molecule has 8 heteroatoms. The predicted octanol–water partition coefficient (Wildman–Crippen LogP) is 3.15. The van der Waals surface area contributed by atoms with Gasteiger partial charge >= 0.3 is 6.18 Å². The van der Waals surface area contributed by atoms with E-state index in [-0.39, 0.29) is 4.77 Å². The van der Waals surface area contributed by atoms with Crippen LogP contribution in [-0.2, 0) is 6.18 Å². The van der Waals surface area contributed by atoms with Crippen molar-refractivity contribution in [3.8, 4) is 0 Å². The van der Waals surface area contributed by atoms with Crippen LogP contribution in [-0.4, -0.2) is 21.1 Å². The van der Waals surface area contributed by atoms with E-state index in [1.165, 1.54) is 6.21 Å². The van der Waals surface area contributed by atoms with Crippen LogP contribution in [0.15, 0.2) is 29.4 Å². The summed E-state index contributed by atoms with van der Waals surface area (Å²) in [5.41, 5.74) is 1.61. The van der Waals surface area contributed by atoms with E-state index in [0.717, 1.165) is 5.56 Å². The van der Waals surface area contributed by atoms with Crippen LogP contribution in [0.5, 0.6) is 0 Å². The zero-order chi connectivity index (χ0) is 14.0. The molecule has 1 aromatic carbocycles. The summed E-state index contributed by atoms with van der Waals surface area (Å²) in [6.45, 7) is 1.83. The van der Waals surface area contributed by atoms with Crippen molar-refractivity contribution in [1.29, 1.82) is 0 Å². The first kappa shape index (κ1) is 13.5. The van der Waals surface area contributed by atoms with E-state index in [1.807, 2.05) is 19.1 Å². The van der Waals surface area contributed by atoms with Crippen LogP contribution in [0.25, 0.3) is 0 Å². The lowest BCUT2D eigenvalue weighted by Gasteiger charge is -2.04. The number of aryl methyl sites for hydroxylation is 1. The van der Waals surface area contributed by atoms with Gasteiger partial charge in [-0.05, 0) is 30.3 Å². The fourth-order valence-corrected chi connectivity index (χ4v) is 1.61. The van der Waals surface area contributed by atoms with Crippen molar-refractivity contribution in [3.05, 3.63) is 46.0 Å². The number of nitrogens with one attached hydrogen (secondary N) is 1. The van der Waals surface area contributed by atoms with Gasteiger partial charge in [-0.25, -0.2) is 5.10 Å². The maximum atomic E-state index is 12.6. The van der Waals surface area contributed by atoms with Gasteiger partial charge in [-0.2, -0.15) is 22.9 Å². The van der Waals surface area contributed by atoms with Gasteiger partial charge < -0.3 is 0 Å². The Bertz CT molecular complexity index is 669. The molecule has 0 radical (unpaired) electrons. The van der Waals surface area contributed by atoms with Gasteiger partial charge in [0.2, 0.25) is 4.77 Å². The summed E-state index contributed by atoms with van der Waals surface area (Å²) in [5, 5.41) is 8.94. The summed E-state index contributed by atoms with van der Waals surface area (Å²) in [6, 6.07) is 7.18. The molecule has 0 aliphatic heterocycles. The summed E-state index contributed by atoms with van der Waals surface area (Å²) in [6.07, 6.45) is -3.30. The average molecular weight is 286 g/mol. The van der Waals surface area contributed by atoms with Gasteiger partial charge in [-0.15, -0.1) is 5.10 Å². The molecule has 1 heterocycles. The molecule has 0 amide bonds. The molecule has 1 aromatic heterocycles. The second kappa shape index (κ2) is 4.96. The Balaban J connectivity index is 2.42. The van der Waals surface area contributed by atoms with Crippen molar-refractivity contribution in [3.63, 3.8) is 0 Å². The zero-order valence-corrected chi connectivity index (χ0v) is 10.6. The molecule has 0 unspecified atom stereocenters. The highest BCUT2D eigenvalue weighted by atomic mass is 32.1. The lowest BCUT2D eigenvalue weighted by atomic mass is 10.1. The van der Waals surface area contributed by atoms with Crippen LogP contribution in [0.1, 0.15) is 17.0 Å². The monoisotopic (exact) mass is 286 g/mol. The third kappa shape index (κ3) is 2.90. The second-order valence-corrected chi connectivity index (χ2v) is 4.15. The number of aromatic amines is 1. The van der Waals surface area contributed by atoms with Gasteiger partial charge in [0.15, 0.2) is 0 Å². The van der Waals surface area contributed by atoms with Gasteiger partial charge in [-0.3, -0.25) is 0 Å². The van der Waals surface area contributed by atoms with E-state index in [9.17, 15) is 13.2 Å². The molecule has 2 rings (SSSR count). The topological polar surface area (TPSA) is 46.0 Å². The molecule has 0 spiro atoms. The molecular weight excluding hydrogens is 277 g/mol. The first-order chi connectivity index (χ1) is 8.89. The first-order valence-corrected chi connectivity index (χ1v) is 5.65. The molecule has 0 atom stereocenters. The van der Waals surface area contributed by atoms with Gasteiger partial charge in [-0.1, -0.05) is 24.3 Å². The summed E-state index contributed by atoms with van der Waals surface area (Å²) < 4.78 is 38.3. The number of hydrogen-bond donors (Lipinski definition) is 1. The quantitative estimate of drug-likeness (QED) is 0.681. The molecule has 0 saturated heterocycles. The Morgan fingerprint density at radius 1 is 1.37 bits per heavy atom. The van der Waals surface area contributed by atoms with Crippen molar-refractivity contribution in [2.75, 3.05) is 0 Å². The lowest BCUT2D eigenvalue weighted by molar-refractivity contribution is -0.147. The summed E-state index contributed by atoms with van der Waals surface area (Å²) in [5.74, 6) is -1.18. The third-order valence-electron chi connectivity index (χ3n) is 2.40. The molecule has 4 nitrogen and oxygen atoms in total. The minimum absolute atomic E-state index is 0.211.